The maximum atomic E-state index is 4.50. The minimum atomic E-state index is 0.390. The van der Waals surface area contributed by atoms with Gasteiger partial charge in [-0.05, 0) is 57.0 Å². The number of hydrogen-bond acceptors (Lipinski definition) is 5. The van der Waals surface area contributed by atoms with Crippen LogP contribution in [0.4, 0.5) is 5.69 Å². The first kappa shape index (κ1) is 20.4. The van der Waals surface area contributed by atoms with Gasteiger partial charge in [-0.3, -0.25) is 0 Å². The molecule has 0 amide bonds. The Bertz CT molecular complexity index is 595. The number of amidine groups is 1. The van der Waals surface area contributed by atoms with Gasteiger partial charge in [-0.15, -0.1) is 0 Å². The van der Waals surface area contributed by atoms with Gasteiger partial charge in [-0.25, -0.2) is 9.98 Å². The van der Waals surface area contributed by atoms with Crippen LogP contribution in [0.1, 0.15) is 30.5 Å². The Balaban J connectivity index is 0.00000139. The zero-order chi connectivity index (χ0) is 17.9. The number of aliphatic imine (C=N–C) groups is 2. The van der Waals surface area contributed by atoms with Gasteiger partial charge in [0.25, 0.3) is 0 Å². The molecule has 0 aromatic heterocycles. The number of nitrogens with two attached hydrogens (primary N) is 1. The van der Waals surface area contributed by atoms with Gasteiger partial charge in [0.2, 0.25) is 0 Å². The molecule has 1 aliphatic heterocycles. The number of nitrogens with zero attached hydrogens (tertiary/aromatic N) is 2. The monoisotopic (exact) mass is 347 g/mol. The highest BCUT2D eigenvalue weighted by Gasteiger charge is 2.20. The zero-order valence-electron chi connectivity index (χ0n) is 15.1. The van der Waals surface area contributed by atoms with E-state index in [1.807, 2.05) is 12.5 Å². The molecule has 0 aliphatic carbocycles. The fourth-order valence-electron chi connectivity index (χ4n) is 2.58. The molecule has 1 aromatic carbocycles. The summed E-state index contributed by atoms with van der Waals surface area (Å²) in [5.74, 6) is 0. The molecule has 2 rings (SSSR count). The van der Waals surface area contributed by atoms with Crippen molar-refractivity contribution in [3.63, 3.8) is 0 Å². The van der Waals surface area contributed by atoms with Gasteiger partial charge in [0.05, 0.1) is 0 Å². The van der Waals surface area contributed by atoms with Crippen molar-refractivity contribution < 1.29 is 0 Å². The molecule has 1 heterocycles. The van der Waals surface area contributed by atoms with Crippen molar-refractivity contribution in [2.24, 2.45) is 15.7 Å². The Morgan fingerprint density at radius 1 is 1.50 bits per heavy atom. The summed E-state index contributed by atoms with van der Waals surface area (Å²) in [7, 11) is 1.50. The summed E-state index contributed by atoms with van der Waals surface area (Å²) < 4.78 is 0. The standard InChI is InChI=1S/C17H24N4S.CH5N/c1-12(11-21-17(18-3)22-4)10-20-15-8-9-19-16-13(2)6-5-7-14(15)16;1-2/h5-7,11,15,19-20H,3,8-10H2,1-2,4H3;2H2,1H3/b12-11+,21-17?;. The van der Waals surface area contributed by atoms with Crippen molar-refractivity contribution in [2.45, 2.75) is 26.3 Å². The molecule has 1 aromatic rings. The van der Waals surface area contributed by atoms with Crippen LogP contribution in [0.25, 0.3) is 0 Å². The van der Waals surface area contributed by atoms with Crippen molar-refractivity contribution in [3.8, 4) is 0 Å². The number of para-hydroxylation sites is 1. The van der Waals surface area contributed by atoms with Crippen LogP contribution < -0.4 is 16.4 Å². The first-order valence-electron chi connectivity index (χ1n) is 8.04. The van der Waals surface area contributed by atoms with E-state index in [0.29, 0.717) is 11.2 Å². The molecule has 0 spiro atoms. The third-order valence-corrected chi connectivity index (χ3v) is 4.36. The Labute approximate surface area is 149 Å². The average Bonchev–Trinajstić information content (AvgIpc) is 2.63. The predicted molar refractivity (Wildman–Crippen MR) is 109 cm³/mol. The van der Waals surface area contributed by atoms with E-state index in [2.05, 4.69) is 65.1 Å². The van der Waals surface area contributed by atoms with Gasteiger partial charge in [-0.1, -0.05) is 30.0 Å². The van der Waals surface area contributed by atoms with Crippen LogP contribution in [0.2, 0.25) is 0 Å². The second kappa shape index (κ2) is 11.0. The van der Waals surface area contributed by atoms with E-state index in [4.69, 9.17) is 0 Å². The number of rotatable bonds is 4. The largest absolute Gasteiger partial charge is 0.384 e. The molecule has 24 heavy (non-hydrogen) atoms. The number of fused-ring (bicyclic) bond motifs is 1. The number of nitrogens with one attached hydrogen (secondary N) is 2. The van der Waals surface area contributed by atoms with Crippen LogP contribution in [0.15, 0.2) is 40.0 Å². The normalized spacial score (nSPS) is 17.3. The molecule has 5 nitrogen and oxygen atoms in total. The highest BCUT2D eigenvalue weighted by Crippen LogP contribution is 2.32. The number of anilines is 1. The molecule has 1 atom stereocenters. The van der Waals surface area contributed by atoms with Crippen molar-refractivity contribution >= 4 is 29.3 Å². The minimum absolute atomic E-state index is 0.390. The fraction of sp³-hybridized carbons (Fsp3) is 0.444. The third kappa shape index (κ3) is 5.78. The van der Waals surface area contributed by atoms with Gasteiger partial charge in [0.1, 0.15) is 0 Å². The van der Waals surface area contributed by atoms with E-state index in [-0.39, 0.29) is 0 Å². The lowest BCUT2D eigenvalue weighted by molar-refractivity contribution is 0.522. The molecule has 1 aliphatic rings. The second-order valence-corrected chi connectivity index (χ2v) is 6.21. The molecule has 6 heteroatoms. The molecule has 1 unspecified atom stereocenters. The van der Waals surface area contributed by atoms with Crippen LogP contribution >= 0.6 is 11.8 Å². The molecule has 132 valence electrons. The topological polar surface area (TPSA) is 74.8 Å². The summed E-state index contributed by atoms with van der Waals surface area (Å²) in [6.07, 6.45) is 4.91. The smallest absolute Gasteiger partial charge is 0.186 e. The van der Waals surface area contributed by atoms with Crippen LogP contribution in [0.5, 0.6) is 0 Å². The molecule has 4 N–H and O–H groups in total. The van der Waals surface area contributed by atoms with Crippen molar-refractivity contribution in [2.75, 3.05) is 31.7 Å². The fourth-order valence-corrected chi connectivity index (χ4v) is 2.87. The molecule has 0 saturated carbocycles. The SMILES string of the molecule is C=NC(=N/C=C(\C)CNC1CCNc2c(C)cccc21)SC.CN. The lowest BCUT2D eigenvalue weighted by atomic mass is 9.95. The lowest BCUT2D eigenvalue weighted by Crippen LogP contribution is -2.29. The third-order valence-electron chi connectivity index (χ3n) is 3.76. The maximum absolute atomic E-state index is 4.50. The quantitative estimate of drug-likeness (QED) is 0.577. The molecular formula is C18H29N5S. The zero-order valence-corrected chi connectivity index (χ0v) is 15.9. The molecular weight excluding hydrogens is 318 g/mol. The number of benzene rings is 1. The van der Waals surface area contributed by atoms with E-state index >= 15 is 0 Å². The van der Waals surface area contributed by atoms with E-state index < -0.39 is 0 Å². The molecule has 0 bridgehead atoms. The van der Waals surface area contributed by atoms with Crippen LogP contribution in [0.3, 0.4) is 0 Å². The number of thioether (sulfide) groups is 1. The maximum Gasteiger partial charge on any atom is 0.186 e. The Morgan fingerprint density at radius 3 is 2.92 bits per heavy atom. The molecule has 0 fully saturated rings. The summed E-state index contributed by atoms with van der Waals surface area (Å²) in [6, 6.07) is 6.88. The first-order valence-corrected chi connectivity index (χ1v) is 9.27. The summed E-state index contributed by atoms with van der Waals surface area (Å²) in [6.45, 7) is 9.57. The molecule has 0 saturated heterocycles. The Morgan fingerprint density at radius 2 is 2.25 bits per heavy atom. The predicted octanol–water partition coefficient (Wildman–Crippen LogP) is 3.34. The van der Waals surface area contributed by atoms with Gasteiger partial charge < -0.3 is 16.4 Å². The summed E-state index contributed by atoms with van der Waals surface area (Å²) in [5.41, 5.74) is 9.64. The number of hydrogen-bond donors (Lipinski definition) is 3. The summed E-state index contributed by atoms with van der Waals surface area (Å²) in [4.78, 5) is 8.18. The Hall–Kier alpha value is -1.63. The highest BCUT2D eigenvalue weighted by molar-refractivity contribution is 8.13. The summed E-state index contributed by atoms with van der Waals surface area (Å²) >= 11 is 1.50. The van der Waals surface area contributed by atoms with E-state index in [9.17, 15) is 0 Å². The second-order valence-electron chi connectivity index (χ2n) is 5.44. The van der Waals surface area contributed by atoms with Gasteiger partial charge in [0.15, 0.2) is 5.17 Å². The van der Waals surface area contributed by atoms with E-state index in [1.54, 1.807) is 0 Å². The lowest BCUT2D eigenvalue weighted by Gasteiger charge is -2.29. The van der Waals surface area contributed by atoms with Crippen LogP contribution in [0, 0.1) is 6.92 Å². The Kier molecular flexibility index (Phi) is 9.37. The van der Waals surface area contributed by atoms with Crippen molar-refractivity contribution in [1.29, 1.82) is 0 Å². The van der Waals surface area contributed by atoms with E-state index in [0.717, 1.165) is 19.5 Å². The van der Waals surface area contributed by atoms with Gasteiger partial charge in [-0.2, -0.15) is 0 Å². The number of aryl methyl sites for hydroxylation is 1. The average molecular weight is 348 g/mol. The highest BCUT2D eigenvalue weighted by atomic mass is 32.2. The van der Waals surface area contributed by atoms with Gasteiger partial charge >= 0.3 is 0 Å². The summed E-state index contributed by atoms with van der Waals surface area (Å²) in [5, 5.41) is 7.84. The van der Waals surface area contributed by atoms with E-state index in [1.165, 1.54) is 41.2 Å². The van der Waals surface area contributed by atoms with Crippen molar-refractivity contribution in [1.82, 2.24) is 5.32 Å². The minimum Gasteiger partial charge on any atom is -0.384 e. The molecule has 0 radical (unpaired) electrons. The first-order chi connectivity index (χ1) is 11.7. The van der Waals surface area contributed by atoms with Crippen LogP contribution in [-0.4, -0.2) is 38.3 Å². The van der Waals surface area contributed by atoms with Crippen LogP contribution in [-0.2, 0) is 0 Å². The van der Waals surface area contributed by atoms with Gasteiger partial charge in [0, 0.05) is 31.0 Å². The van der Waals surface area contributed by atoms with Crippen molar-refractivity contribution in [3.05, 3.63) is 41.1 Å².